The van der Waals surface area contributed by atoms with Gasteiger partial charge in [-0.25, -0.2) is 9.97 Å². The SMILES string of the molecule is Cc1cnc(OCC2COCCO2)c2ccc(NC(=O)c3ncccc3N)cc12. The largest absolute Gasteiger partial charge is 0.474 e. The summed E-state index contributed by atoms with van der Waals surface area (Å²) in [6, 6.07) is 8.89. The van der Waals surface area contributed by atoms with Crippen LogP contribution in [0.15, 0.2) is 42.7 Å². The number of benzene rings is 1. The topological polar surface area (TPSA) is 109 Å². The fourth-order valence-electron chi connectivity index (χ4n) is 3.15. The number of nitrogen functional groups attached to an aromatic ring is 1. The van der Waals surface area contributed by atoms with E-state index in [2.05, 4.69) is 15.3 Å². The molecule has 1 fully saturated rings. The molecular formula is C21H22N4O4. The Morgan fingerprint density at radius 3 is 2.97 bits per heavy atom. The summed E-state index contributed by atoms with van der Waals surface area (Å²) in [7, 11) is 0. The van der Waals surface area contributed by atoms with Crippen molar-refractivity contribution in [2.45, 2.75) is 13.0 Å². The highest BCUT2D eigenvalue weighted by molar-refractivity contribution is 6.07. The molecule has 0 radical (unpaired) electrons. The predicted molar refractivity (Wildman–Crippen MR) is 109 cm³/mol. The summed E-state index contributed by atoms with van der Waals surface area (Å²) in [6.07, 6.45) is 3.18. The Morgan fingerprint density at radius 1 is 1.28 bits per heavy atom. The molecule has 1 amide bonds. The molecule has 0 spiro atoms. The van der Waals surface area contributed by atoms with Gasteiger partial charge in [0, 0.05) is 23.5 Å². The zero-order valence-electron chi connectivity index (χ0n) is 16.1. The Labute approximate surface area is 168 Å². The molecule has 3 N–H and O–H groups in total. The van der Waals surface area contributed by atoms with Gasteiger partial charge >= 0.3 is 0 Å². The van der Waals surface area contributed by atoms with Gasteiger partial charge in [0.15, 0.2) is 5.69 Å². The number of fused-ring (bicyclic) bond motifs is 1. The smallest absolute Gasteiger partial charge is 0.276 e. The average Bonchev–Trinajstić information content (AvgIpc) is 2.74. The third-order valence-electron chi connectivity index (χ3n) is 4.65. The normalized spacial score (nSPS) is 16.5. The van der Waals surface area contributed by atoms with E-state index in [1.54, 1.807) is 24.4 Å². The number of carbonyl (C=O) groups is 1. The molecule has 8 heteroatoms. The van der Waals surface area contributed by atoms with Crippen molar-refractivity contribution < 1.29 is 19.0 Å². The molecule has 1 aliphatic rings. The highest BCUT2D eigenvalue weighted by atomic mass is 16.6. The van der Waals surface area contributed by atoms with E-state index in [1.165, 1.54) is 6.20 Å². The zero-order valence-corrected chi connectivity index (χ0v) is 16.1. The minimum absolute atomic E-state index is 0.107. The molecule has 4 rings (SSSR count). The fraction of sp³-hybridized carbons (Fsp3) is 0.286. The predicted octanol–water partition coefficient (Wildman–Crippen LogP) is 2.57. The lowest BCUT2D eigenvalue weighted by Crippen LogP contribution is -2.33. The Bertz CT molecular complexity index is 1030. The first kappa shape index (κ1) is 19.1. The Balaban J connectivity index is 1.55. The number of anilines is 2. The van der Waals surface area contributed by atoms with Gasteiger partial charge in [-0.1, -0.05) is 0 Å². The first-order valence-corrected chi connectivity index (χ1v) is 9.35. The number of aromatic nitrogens is 2. The summed E-state index contributed by atoms with van der Waals surface area (Å²) in [5.41, 5.74) is 7.97. The second kappa shape index (κ2) is 8.42. The number of rotatable bonds is 5. The molecule has 150 valence electrons. The van der Waals surface area contributed by atoms with Gasteiger partial charge < -0.3 is 25.3 Å². The van der Waals surface area contributed by atoms with Gasteiger partial charge in [0.1, 0.15) is 12.7 Å². The van der Waals surface area contributed by atoms with Crippen molar-refractivity contribution in [1.29, 1.82) is 0 Å². The van der Waals surface area contributed by atoms with Crippen LogP contribution in [0, 0.1) is 6.92 Å². The van der Waals surface area contributed by atoms with Crippen LogP contribution in [0.2, 0.25) is 0 Å². The highest BCUT2D eigenvalue weighted by Crippen LogP contribution is 2.29. The number of nitrogens with zero attached hydrogens (tertiary/aromatic N) is 2. The second-order valence-corrected chi connectivity index (χ2v) is 6.78. The van der Waals surface area contributed by atoms with Crippen LogP contribution in [0.25, 0.3) is 10.8 Å². The van der Waals surface area contributed by atoms with E-state index in [1.807, 2.05) is 19.1 Å². The lowest BCUT2D eigenvalue weighted by Gasteiger charge is -2.23. The third-order valence-corrected chi connectivity index (χ3v) is 4.65. The summed E-state index contributed by atoms with van der Waals surface area (Å²) in [4.78, 5) is 20.9. The quantitative estimate of drug-likeness (QED) is 0.684. The standard InChI is InChI=1S/C21H22N4O4/c1-13-10-24-21(29-12-15-11-27-7-8-28-15)16-5-4-14(9-17(13)16)25-20(26)19-18(22)3-2-6-23-19/h2-6,9-10,15H,7-8,11-12,22H2,1H3,(H,25,26). The Morgan fingerprint density at radius 2 is 2.17 bits per heavy atom. The monoisotopic (exact) mass is 394 g/mol. The second-order valence-electron chi connectivity index (χ2n) is 6.78. The van der Waals surface area contributed by atoms with Crippen molar-refractivity contribution in [2.24, 2.45) is 0 Å². The fourth-order valence-corrected chi connectivity index (χ4v) is 3.15. The number of hydrogen-bond acceptors (Lipinski definition) is 7. The van der Waals surface area contributed by atoms with E-state index in [-0.39, 0.29) is 17.7 Å². The minimum Gasteiger partial charge on any atom is -0.474 e. The van der Waals surface area contributed by atoms with Gasteiger partial charge in [-0.05, 0) is 48.2 Å². The van der Waals surface area contributed by atoms with E-state index in [4.69, 9.17) is 19.9 Å². The van der Waals surface area contributed by atoms with Crippen molar-refractivity contribution in [3.63, 3.8) is 0 Å². The number of nitrogens with two attached hydrogens (primary N) is 1. The molecule has 3 aromatic rings. The third kappa shape index (κ3) is 4.28. The molecule has 8 nitrogen and oxygen atoms in total. The maximum Gasteiger partial charge on any atom is 0.276 e. The Kier molecular flexibility index (Phi) is 5.55. The zero-order chi connectivity index (χ0) is 20.2. The summed E-state index contributed by atoms with van der Waals surface area (Å²) < 4.78 is 16.9. The molecule has 1 aliphatic heterocycles. The van der Waals surface area contributed by atoms with Crippen LogP contribution < -0.4 is 15.8 Å². The van der Waals surface area contributed by atoms with Crippen LogP contribution in [0.4, 0.5) is 11.4 Å². The van der Waals surface area contributed by atoms with Crippen LogP contribution in [-0.2, 0) is 9.47 Å². The van der Waals surface area contributed by atoms with Gasteiger partial charge in [-0.2, -0.15) is 0 Å². The molecule has 0 saturated carbocycles. The molecule has 2 aromatic heterocycles. The molecular weight excluding hydrogens is 372 g/mol. The molecule has 1 aromatic carbocycles. The van der Waals surface area contributed by atoms with Crippen LogP contribution >= 0.6 is 0 Å². The summed E-state index contributed by atoms with van der Waals surface area (Å²) >= 11 is 0. The van der Waals surface area contributed by atoms with Gasteiger partial charge in [0.25, 0.3) is 5.91 Å². The van der Waals surface area contributed by atoms with E-state index in [0.717, 1.165) is 16.3 Å². The van der Waals surface area contributed by atoms with Gasteiger partial charge in [0.05, 0.1) is 25.5 Å². The van der Waals surface area contributed by atoms with E-state index >= 15 is 0 Å². The summed E-state index contributed by atoms with van der Waals surface area (Å²) in [5, 5.41) is 4.63. The first-order valence-electron chi connectivity index (χ1n) is 9.35. The van der Waals surface area contributed by atoms with Crippen molar-refractivity contribution >= 4 is 28.1 Å². The summed E-state index contributed by atoms with van der Waals surface area (Å²) in [6.45, 7) is 4.01. The maximum absolute atomic E-state index is 12.5. The van der Waals surface area contributed by atoms with Crippen molar-refractivity contribution in [1.82, 2.24) is 9.97 Å². The van der Waals surface area contributed by atoms with Crippen LogP contribution in [0.1, 0.15) is 16.1 Å². The van der Waals surface area contributed by atoms with E-state index < -0.39 is 0 Å². The molecule has 1 atom stereocenters. The van der Waals surface area contributed by atoms with Crippen LogP contribution in [-0.4, -0.2) is 48.4 Å². The number of hydrogen-bond donors (Lipinski definition) is 2. The molecule has 1 saturated heterocycles. The van der Waals surface area contributed by atoms with Crippen molar-refractivity contribution in [3.05, 3.63) is 54.0 Å². The summed E-state index contributed by atoms with van der Waals surface area (Å²) in [5.74, 6) is 0.159. The average molecular weight is 394 g/mol. The maximum atomic E-state index is 12.5. The van der Waals surface area contributed by atoms with Crippen molar-refractivity contribution in [2.75, 3.05) is 37.5 Å². The van der Waals surface area contributed by atoms with E-state index in [9.17, 15) is 4.79 Å². The molecule has 1 unspecified atom stereocenters. The molecule has 3 heterocycles. The number of carbonyl (C=O) groups excluding carboxylic acids is 1. The lowest BCUT2D eigenvalue weighted by molar-refractivity contribution is -0.101. The molecule has 29 heavy (non-hydrogen) atoms. The minimum atomic E-state index is -0.361. The number of nitrogens with one attached hydrogen (secondary N) is 1. The number of pyridine rings is 2. The van der Waals surface area contributed by atoms with Crippen molar-refractivity contribution in [3.8, 4) is 5.88 Å². The Hall–Kier alpha value is -3.23. The highest BCUT2D eigenvalue weighted by Gasteiger charge is 2.17. The van der Waals surface area contributed by atoms with Gasteiger partial charge in [-0.3, -0.25) is 4.79 Å². The number of aryl methyl sites for hydroxylation is 1. The molecule has 0 bridgehead atoms. The van der Waals surface area contributed by atoms with Crippen LogP contribution in [0.5, 0.6) is 5.88 Å². The first-order chi connectivity index (χ1) is 14.1. The van der Waals surface area contributed by atoms with E-state index in [0.29, 0.717) is 43.7 Å². The number of ether oxygens (including phenoxy) is 3. The van der Waals surface area contributed by atoms with Gasteiger partial charge in [-0.15, -0.1) is 0 Å². The molecule has 0 aliphatic carbocycles. The lowest BCUT2D eigenvalue weighted by atomic mass is 10.1. The van der Waals surface area contributed by atoms with Crippen LogP contribution in [0.3, 0.4) is 0 Å². The van der Waals surface area contributed by atoms with Gasteiger partial charge in [0.2, 0.25) is 5.88 Å². The number of amides is 1.